The van der Waals surface area contributed by atoms with E-state index in [2.05, 4.69) is 10.3 Å². The Morgan fingerprint density at radius 3 is 2.57 bits per heavy atom. The average molecular weight is 393 g/mol. The Morgan fingerprint density at radius 1 is 1.21 bits per heavy atom. The first kappa shape index (κ1) is 19.7. The number of alkyl halides is 3. The fourth-order valence-corrected chi connectivity index (χ4v) is 2.80. The monoisotopic (exact) mass is 393 g/mol. The SMILES string of the molecule is CC1(C)Oc2ccccc2N(CCC(=O)Nc2ccc(C(F)(F)F)cn2)C1=O. The van der Waals surface area contributed by atoms with Gasteiger partial charge in [0.1, 0.15) is 11.6 Å². The van der Waals surface area contributed by atoms with Gasteiger partial charge in [-0.1, -0.05) is 12.1 Å². The molecule has 28 heavy (non-hydrogen) atoms. The van der Waals surface area contributed by atoms with Crippen molar-refractivity contribution < 1.29 is 27.5 Å². The normalized spacial score (nSPS) is 15.6. The zero-order chi connectivity index (χ0) is 20.5. The first-order valence-electron chi connectivity index (χ1n) is 8.51. The maximum absolute atomic E-state index is 12.7. The minimum atomic E-state index is -4.49. The van der Waals surface area contributed by atoms with Gasteiger partial charge in [-0.05, 0) is 38.1 Å². The highest BCUT2D eigenvalue weighted by molar-refractivity contribution is 6.03. The van der Waals surface area contributed by atoms with Crippen LogP contribution in [0.4, 0.5) is 24.7 Å². The number of amides is 2. The van der Waals surface area contributed by atoms with Crippen molar-refractivity contribution in [2.75, 3.05) is 16.8 Å². The Labute approximate surface area is 159 Å². The van der Waals surface area contributed by atoms with Gasteiger partial charge in [0, 0.05) is 19.2 Å². The van der Waals surface area contributed by atoms with E-state index >= 15 is 0 Å². The third-order valence-corrected chi connectivity index (χ3v) is 4.20. The summed E-state index contributed by atoms with van der Waals surface area (Å²) in [5.74, 6) is -0.211. The predicted molar refractivity (Wildman–Crippen MR) is 96.0 cm³/mol. The zero-order valence-corrected chi connectivity index (χ0v) is 15.2. The molecule has 0 saturated carbocycles. The Bertz CT molecular complexity index is 895. The first-order chi connectivity index (χ1) is 13.1. The molecule has 0 spiro atoms. The molecule has 0 bridgehead atoms. The molecular formula is C19H18F3N3O3. The standard InChI is InChI=1S/C19H18F3N3O3/c1-18(2)17(27)25(13-5-3-4-6-14(13)28-18)10-9-16(26)24-15-8-7-12(11-23-15)19(20,21)22/h3-8,11H,9-10H2,1-2H3,(H,23,24,26). The molecular weight excluding hydrogens is 375 g/mol. The van der Waals surface area contributed by atoms with Gasteiger partial charge in [0.2, 0.25) is 5.91 Å². The Kier molecular flexibility index (Phi) is 5.01. The number of hydrogen-bond acceptors (Lipinski definition) is 4. The predicted octanol–water partition coefficient (Wildman–Crippen LogP) is 3.63. The number of rotatable bonds is 4. The number of para-hydroxylation sites is 2. The Morgan fingerprint density at radius 2 is 1.93 bits per heavy atom. The van der Waals surface area contributed by atoms with Crippen molar-refractivity contribution in [2.45, 2.75) is 32.0 Å². The highest BCUT2D eigenvalue weighted by atomic mass is 19.4. The number of carbonyl (C=O) groups excluding carboxylic acids is 2. The number of nitrogens with one attached hydrogen (secondary N) is 1. The van der Waals surface area contributed by atoms with Crippen LogP contribution in [0.2, 0.25) is 0 Å². The summed E-state index contributed by atoms with van der Waals surface area (Å²) in [5, 5.41) is 2.43. The molecule has 1 aromatic carbocycles. The van der Waals surface area contributed by atoms with Gasteiger partial charge in [-0.15, -0.1) is 0 Å². The van der Waals surface area contributed by atoms with E-state index in [9.17, 15) is 22.8 Å². The van der Waals surface area contributed by atoms with Crippen LogP contribution in [0.3, 0.4) is 0 Å². The molecule has 9 heteroatoms. The van der Waals surface area contributed by atoms with E-state index in [0.717, 1.165) is 12.1 Å². The number of anilines is 2. The number of benzene rings is 1. The molecule has 0 atom stereocenters. The number of halogens is 3. The first-order valence-corrected chi connectivity index (χ1v) is 8.51. The lowest BCUT2D eigenvalue weighted by Crippen LogP contribution is -2.53. The summed E-state index contributed by atoms with van der Waals surface area (Å²) in [5.41, 5.74) is -1.41. The molecule has 2 heterocycles. The topological polar surface area (TPSA) is 71.5 Å². The van der Waals surface area contributed by atoms with Crippen LogP contribution in [-0.4, -0.2) is 28.9 Å². The summed E-state index contributed by atoms with van der Waals surface area (Å²) in [7, 11) is 0. The number of nitrogens with zero attached hydrogens (tertiary/aromatic N) is 2. The lowest BCUT2D eigenvalue weighted by Gasteiger charge is -2.38. The smallest absolute Gasteiger partial charge is 0.417 e. The zero-order valence-electron chi connectivity index (χ0n) is 15.2. The van der Waals surface area contributed by atoms with Crippen molar-refractivity contribution in [1.29, 1.82) is 0 Å². The molecule has 0 fully saturated rings. The molecule has 1 N–H and O–H groups in total. The van der Waals surface area contributed by atoms with Crippen molar-refractivity contribution in [3.05, 3.63) is 48.2 Å². The van der Waals surface area contributed by atoms with Gasteiger partial charge in [-0.2, -0.15) is 13.2 Å². The largest absolute Gasteiger partial charge is 0.476 e. The van der Waals surface area contributed by atoms with Crippen LogP contribution < -0.4 is 15.0 Å². The Balaban J connectivity index is 1.66. The minimum Gasteiger partial charge on any atom is -0.476 e. The van der Waals surface area contributed by atoms with Crippen LogP contribution in [0, 0.1) is 0 Å². The van der Waals surface area contributed by atoms with E-state index in [1.807, 2.05) is 0 Å². The van der Waals surface area contributed by atoms with E-state index in [1.54, 1.807) is 38.1 Å². The van der Waals surface area contributed by atoms with Crippen LogP contribution in [0.15, 0.2) is 42.6 Å². The lowest BCUT2D eigenvalue weighted by molar-refractivity contribution is -0.137. The molecule has 0 unspecified atom stereocenters. The molecule has 0 radical (unpaired) electrons. The fourth-order valence-electron chi connectivity index (χ4n) is 2.80. The van der Waals surface area contributed by atoms with Gasteiger partial charge in [0.15, 0.2) is 5.60 Å². The van der Waals surface area contributed by atoms with Crippen molar-refractivity contribution in [2.24, 2.45) is 0 Å². The molecule has 0 saturated heterocycles. The van der Waals surface area contributed by atoms with E-state index < -0.39 is 23.2 Å². The lowest BCUT2D eigenvalue weighted by atomic mass is 10.0. The molecule has 2 amide bonds. The van der Waals surface area contributed by atoms with E-state index in [1.165, 1.54) is 4.90 Å². The Hall–Kier alpha value is -3.10. The number of fused-ring (bicyclic) bond motifs is 1. The number of ether oxygens (including phenoxy) is 1. The molecule has 1 aliphatic rings. The number of carbonyl (C=O) groups is 2. The summed E-state index contributed by atoms with van der Waals surface area (Å²) in [6, 6.07) is 8.92. The minimum absolute atomic E-state index is 0.00651. The second-order valence-corrected chi connectivity index (χ2v) is 6.76. The van der Waals surface area contributed by atoms with Crippen molar-refractivity contribution in [3.8, 4) is 5.75 Å². The molecule has 6 nitrogen and oxygen atoms in total. The number of aromatic nitrogens is 1. The second kappa shape index (κ2) is 7.14. The van der Waals surface area contributed by atoms with Crippen molar-refractivity contribution >= 4 is 23.3 Å². The summed E-state index contributed by atoms with van der Waals surface area (Å²) >= 11 is 0. The molecule has 148 valence electrons. The molecule has 0 aliphatic carbocycles. The third-order valence-electron chi connectivity index (χ3n) is 4.20. The number of hydrogen-bond donors (Lipinski definition) is 1. The quantitative estimate of drug-likeness (QED) is 0.861. The van der Waals surface area contributed by atoms with Crippen LogP contribution in [0.5, 0.6) is 5.75 Å². The van der Waals surface area contributed by atoms with Gasteiger partial charge in [-0.3, -0.25) is 9.59 Å². The maximum atomic E-state index is 12.7. The van der Waals surface area contributed by atoms with Gasteiger partial charge in [0.25, 0.3) is 5.91 Å². The maximum Gasteiger partial charge on any atom is 0.417 e. The molecule has 3 rings (SSSR count). The third kappa shape index (κ3) is 4.08. The molecule has 1 aromatic heterocycles. The average Bonchev–Trinajstić information content (AvgIpc) is 2.61. The van der Waals surface area contributed by atoms with Gasteiger partial charge < -0.3 is 15.0 Å². The van der Waals surface area contributed by atoms with Crippen LogP contribution >= 0.6 is 0 Å². The molecule has 1 aliphatic heterocycles. The summed E-state index contributed by atoms with van der Waals surface area (Å²) in [4.78, 5) is 29.9. The van der Waals surface area contributed by atoms with Crippen LogP contribution in [0.1, 0.15) is 25.8 Å². The highest BCUT2D eigenvalue weighted by Gasteiger charge is 2.40. The number of pyridine rings is 1. The van der Waals surface area contributed by atoms with Gasteiger partial charge in [0.05, 0.1) is 11.3 Å². The summed E-state index contributed by atoms with van der Waals surface area (Å²) in [6.07, 6.45) is -3.90. The highest BCUT2D eigenvalue weighted by Crippen LogP contribution is 2.37. The van der Waals surface area contributed by atoms with Crippen molar-refractivity contribution in [3.63, 3.8) is 0 Å². The summed E-state index contributed by atoms with van der Waals surface area (Å²) < 4.78 is 43.4. The van der Waals surface area contributed by atoms with Crippen LogP contribution in [0.25, 0.3) is 0 Å². The fraction of sp³-hybridized carbons (Fsp3) is 0.316. The van der Waals surface area contributed by atoms with Gasteiger partial charge in [-0.25, -0.2) is 4.98 Å². The van der Waals surface area contributed by atoms with E-state index in [-0.39, 0.29) is 24.7 Å². The summed E-state index contributed by atoms with van der Waals surface area (Å²) in [6.45, 7) is 3.38. The van der Waals surface area contributed by atoms with Gasteiger partial charge >= 0.3 is 6.18 Å². The second-order valence-electron chi connectivity index (χ2n) is 6.76. The van der Waals surface area contributed by atoms with Crippen molar-refractivity contribution in [1.82, 2.24) is 4.98 Å². The van der Waals surface area contributed by atoms with Crippen LogP contribution in [-0.2, 0) is 15.8 Å². The van der Waals surface area contributed by atoms with E-state index in [4.69, 9.17) is 4.74 Å². The molecule has 2 aromatic rings. The van der Waals surface area contributed by atoms with E-state index in [0.29, 0.717) is 17.6 Å².